The Morgan fingerprint density at radius 3 is 2.56 bits per heavy atom. The lowest BCUT2D eigenvalue weighted by molar-refractivity contribution is -0.121. The van der Waals surface area contributed by atoms with Crippen LogP contribution < -0.4 is 4.90 Å². The maximum absolute atomic E-state index is 12.7. The van der Waals surface area contributed by atoms with Gasteiger partial charge in [-0.1, -0.05) is 59.6 Å². The van der Waals surface area contributed by atoms with Gasteiger partial charge in [0.2, 0.25) is 0 Å². The number of benzene rings is 2. The molecule has 0 fully saturated rings. The number of halogens is 2. The first-order chi connectivity index (χ1) is 13.0. The second kappa shape index (κ2) is 8.37. The molecule has 138 valence electrons. The Morgan fingerprint density at radius 1 is 1.04 bits per heavy atom. The molecule has 0 aliphatic heterocycles. The Labute approximate surface area is 166 Å². The van der Waals surface area contributed by atoms with Crippen LogP contribution in [-0.4, -0.2) is 30.0 Å². The molecule has 0 unspecified atom stereocenters. The summed E-state index contributed by atoms with van der Waals surface area (Å²) in [4.78, 5) is 30.3. The third-order valence-corrected chi connectivity index (χ3v) is 4.52. The maximum Gasteiger partial charge on any atom is 0.359 e. The van der Waals surface area contributed by atoms with Crippen LogP contribution in [0.5, 0.6) is 0 Å². The summed E-state index contributed by atoms with van der Waals surface area (Å²) in [7, 11) is 0. The number of ether oxygens (including phenoxy) is 1. The predicted octanol–water partition coefficient (Wildman–Crippen LogP) is 4.75. The van der Waals surface area contributed by atoms with Gasteiger partial charge in [-0.2, -0.15) is 0 Å². The molecule has 7 heteroatoms. The fraction of sp³-hybridized carbons (Fsp3) is 0.150. The van der Waals surface area contributed by atoms with Gasteiger partial charge in [0.1, 0.15) is 5.15 Å². The van der Waals surface area contributed by atoms with Crippen LogP contribution in [0.25, 0.3) is 10.8 Å². The predicted molar refractivity (Wildman–Crippen MR) is 107 cm³/mol. The summed E-state index contributed by atoms with van der Waals surface area (Å²) in [5, 5.41) is 2.19. The molecule has 0 saturated carbocycles. The third-order valence-electron chi connectivity index (χ3n) is 4.01. The fourth-order valence-electron chi connectivity index (χ4n) is 2.76. The van der Waals surface area contributed by atoms with E-state index < -0.39 is 12.6 Å². The zero-order chi connectivity index (χ0) is 19.4. The quantitative estimate of drug-likeness (QED) is 0.456. The van der Waals surface area contributed by atoms with E-state index in [1.807, 2.05) is 49.4 Å². The van der Waals surface area contributed by atoms with Crippen molar-refractivity contribution < 1.29 is 14.3 Å². The van der Waals surface area contributed by atoms with Crippen LogP contribution in [0.4, 0.5) is 5.69 Å². The number of nitrogens with zero attached hydrogens (tertiary/aromatic N) is 2. The zero-order valence-electron chi connectivity index (χ0n) is 14.5. The molecule has 0 saturated heterocycles. The number of aromatic nitrogens is 1. The topological polar surface area (TPSA) is 59.5 Å². The van der Waals surface area contributed by atoms with Crippen molar-refractivity contribution in [1.82, 2.24) is 4.98 Å². The molecule has 1 aromatic heterocycles. The van der Waals surface area contributed by atoms with Crippen molar-refractivity contribution in [3.8, 4) is 0 Å². The minimum atomic E-state index is -0.801. The number of rotatable bonds is 5. The highest BCUT2D eigenvalue weighted by Crippen LogP contribution is 2.27. The molecule has 0 atom stereocenters. The SMILES string of the molecule is CCN(C(=O)COC(=O)c1nc(Cl)ccc1Cl)c1cccc2ccccc12. The maximum atomic E-state index is 12.7. The zero-order valence-corrected chi connectivity index (χ0v) is 16.0. The summed E-state index contributed by atoms with van der Waals surface area (Å²) >= 11 is 11.7. The van der Waals surface area contributed by atoms with Gasteiger partial charge in [-0.05, 0) is 30.5 Å². The highest BCUT2D eigenvalue weighted by molar-refractivity contribution is 6.34. The Kier molecular flexibility index (Phi) is 5.94. The van der Waals surface area contributed by atoms with Gasteiger partial charge in [0.05, 0.1) is 10.7 Å². The number of likely N-dealkylation sites (N-methyl/N-ethyl adjacent to an activating group) is 1. The minimum absolute atomic E-state index is 0.109. The van der Waals surface area contributed by atoms with Gasteiger partial charge in [0, 0.05) is 11.9 Å². The van der Waals surface area contributed by atoms with E-state index in [1.165, 1.54) is 12.1 Å². The van der Waals surface area contributed by atoms with Gasteiger partial charge in [-0.15, -0.1) is 0 Å². The fourth-order valence-corrected chi connectivity index (χ4v) is 3.09. The Balaban J connectivity index is 1.77. The van der Waals surface area contributed by atoms with E-state index in [2.05, 4.69) is 4.98 Å². The Morgan fingerprint density at radius 2 is 1.78 bits per heavy atom. The summed E-state index contributed by atoms with van der Waals surface area (Å²) in [6, 6.07) is 16.4. The number of pyridine rings is 1. The first kappa shape index (κ1) is 19.1. The molecule has 5 nitrogen and oxygen atoms in total. The number of amides is 1. The normalized spacial score (nSPS) is 10.6. The van der Waals surface area contributed by atoms with Crippen molar-refractivity contribution in [2.45, 2.75) is 6.92 Å². The van der Waals surface area contributed by atoms with E-state index in [9.17, 15) is 9.59 Å². The molecule has 1 heterocycles. The molecule has 0 spiro atoms. The minimum Gasteiger partial charge on any atom is -0.451 e. The van der Waals surface area contributed by atoms with Crippen molar-refractivity contribution >= 4 is 51.5 Å². The van der Waals surface area contributed by atoms with Gasteiger partial charge >= 0.3 is 5.97 Å². The highest BCUT2D eigenvalue weighted by Gasteiger charge is 2.20. The lowest BCUT2D eigenvalue weighted by atomic mass is 10.1. The summed E-state index contributed by atoms with van der Waals surface area (Å²) in [5.74, 6) is -1.15. The standard InChI is InChI=1S/C20H16Cl2N2O3/c1-2-24(16-9-5-7-13-6-3-4-8-14(13)16)18(25)12-27-20(26)19-15(21)10-11-17(22)23-19/h3-11H,2,12H2,1H3. The summed E-state index contributed by atoms with van der Waals surface area (Å²) < 4.78 is 5.11. The molecule has 0 radical (unpaired) electrons. The molecule has 0 N–H and O–H groups in total. The molecule has 1 amide bonds. The number of esters is 1. The number of carbonyl (C=O) groups is 2. The van der Waals surface area contributed by atoms with Crippen molar-refractivity contribution in [3.63, 3.8) is 0 Å². The van der Waals surface area contributed by atoms with Gasteiger partial charge in [0.25, 0.3) is 5.91 Å². The number of anilines is 1. The number of hydrogen-bond donors (Lipinski definition) is 0. The highest BCUT2D eigenvalue weighted by atomic mass is 35.5. The molecule has 3 aromatic rings. The average Bonchev–Trinajstić information content (AvgIpc) is 2.68. The molecule has 2 aromatic carbocycles. The van der Waals surface area contributed by atoms with E-state index in [0.717, 1.165) is 16.5 Å². The van der Waals surface area contributed by atoms with Crippen LogP contribution in [0.3, 0.4) is 0 Å². The van der Waals surface area contributed by atoms with Gasteiger partial charge in [-0.25, -0.2) is 9.78 Å². The van der Waals surface area contributed by atoms with Crippen LogP contribution in [-0.2, 0) is 9.53 Å². The largest absolute Gasteiger partial charge is 0.451 e. The first-order valence-electron chi connectivity index (χ1n) is 8.28. The van der Waals surface area contributed by atoms with Crippen LogP contribution >= 0.6 is 23.2 Å². The van der Waals surface area contributed by atoms with E-state index in [-0.39, 0.29) is 21.8 Å². The van der Waals surface area contributed by atoms with Crippen molar-refractivity contribution in [1.29, 1.82) is 0 Å². The van der Waals surface area contributed by atoms with E-state index in [1.54, 1.807) is 4.90 Å². The number of hydrogen-bond acceptors (Lipinski definition) is 4. The average molecular weight is 403 g/mol. The summed E-state index contributed by atoms with van der Waals surface area (Å²) in [5.41, 5.74) is 0.640. The number of fused-ring (bicyclic) bond motifs is 1. The molecular weight excluding hydrogens is 387 g/mol. The monoisotopic (exact) mass is 402 g/mol. The van der Waals surface area contributed by atoms with Gasteiger partial charge in [0.15, 0.2) is 12.3 Å². The lowest BCUT2D eigenvalue weighted by Crippen LogP contribution is -2.34. The summed E-state index contributed by atoms with van der Waals surface area (Å²) in [6.45, 7) is 1.86. The Bertz CT molecular complexity index is 1000. The summed E-state index contributed by atoms with van der Waals surface area (Å²) in [6.07, 6.45) is 0. The molecule has 3 rings (SSSR count). The third kappa shape index (κ3) is 4.21. The second-order valence-corrected chi connectivity index (χ2v) is 6.47. The first-order valence-corrected chi connectivity index (χ1v) is 9.04. The smallest absolute Gasteiger partial charge is 0.359 e. The van der Waals surface area contributed by atoms with Crippen molar-refractivity contribution in [3.05, 3.63) is 70.5 Å². The van der Waals surface area contributed by atoms with Crippen LogP contribution in [0.2, 0.25) is 10.2 Å². The van der Waals surface area contributed by atoms with Crippen LogP contribution in [0, 0.1) is 0 Å². The Hall–Kier alpha value is -2.63. The molecule has 0 bridgehead atoms. The molecule has 27 heavy (non-hydrogen) atoms. The van der Waals surface area contributed by atoms with Gasteiger partial charge in [-0.3, -0.25) is 4.79 Å². The molecular formula is C20H16Cl2N2O3. The van der Waals surface area contributed by atoms with Crippen molar-refractivity contribution in [2.24, 2.45) is 0 Å². The number of carbonyl (C=O) groups excluding carboxylic acids is 2. The molecule has 0 aliphatic carbocycles. The van der Waals surface area contributed by atoms with Crippen LogP contribution in [0.1, 0.15) is 17.4 Å². The lowest BCUT2D eigenvalue weighted by Gasteiger charge is -2.22. The van der Waals surface area contributed by atoms with Gasteiger partial charge < -0.3 is 9.64 Å². The molecule has 0 aliphatic rings. The van der Waals surface area contributed by atoms with Crippen molar-refractivity contribution in [2.75, 3.05) is 18.1 Å². The van der Waals surface area contributed by atoms with E-state index in [4.69, 9.17) is 27.9 Å². The van der Waals surface area contributed by atoms with Crippen LogP contribution in [0.15, 0.2) is 54.6 Å². The van der Waals surface area contributed by atoms with E-state index in [0.29, 0.717) is 6.54 Å². The van der Waals surface area contributed by atoms with E-state index >= 15 is 0 Å². The second-order valence-electron chi connectivity index (χ2n) is 5.68.